The number of anilines is 1. The predicted octanol–water partition coefficient (Wildman–Crippen LogP) is 3.19. The fourth-order valence-corrected chi connectivity index (χ4v) is 1.75. The molecule has 0 spiro atoms. The molecular formula is C16H28N2O. The molecule has 1 aromatic carbocycles. The van der Waals surface area contributed by atoms with Crippen molar-refractivity contribution in [1.82, 2.24) is 0 Å². The highest BCUT2D eigenvalue weighted by Gasteiger charge is 2.21. The van der Waals surface area contributed by atoms with Crippen LogP contribution in [-0.2, 0) is 11.2 Å². The van der Waals surface area contributed by atoms with E-state index in [1.807, 2.05) is 0 Å². The fourth-order valence-electron chi connectivity index (χ4n) is 1.75. The summed E-state index contributed by atoms with van der Waals surface area (Å²) in [6.45, 7) is 11.9. The molecule has 0 aliphatic heterocycles. The second kappa shape index (κ2) is 6.40. The maximum absolute atomic E-state index is 5.85. The van der Waals surface area contributed by atoms with Gasteiger partial charge in [-0.1, -0.05) is 12.1 Å². The van der Waals surface area contributed by atoms with Gasteiger partial charge in [-0.2, -0.15) is 0 Å². The minimum atomic E-state index is -0.107. The number of nitrogens with one attached hydrogen (secondary N) is 1. The van der Waals surface area contributed by atoms with Crippen LogP contribution in [0.4, 0.5) is 5.69 Å². The number of ether oxygens (including phenoxy) is 1. The van der Waals surface area contributed by atoms with Gasteiger partial charge >= 0.3 is 0 Å². The number of hydrogen-bond donors (Lipinski definition) is 2. The average Bonchev–Trinajstić information content (AvgIpc) is 2.29. The first-order valence-corrected chi connectivity index (χ1v) is 6.93. The number of rotatable bonds is 6. The van der Waals surface area contributed by atoms with Crippen molar-refractivity contribution in [2.24, 2.45) is 5.73 Å². The van der Waals surface area contributed by atoms with E-state index in [1.165, 1.54) is 5.56 Å². The molecular weight excluding hydrogens is 236 g/mol. The molecule has 3 nitrogen and oxygen atoms in total. The van der Waals surface area contributed by atoms with Gasteiger partial charge in [0, 0.05) is 5.69 Å². The van der Waals surface area contributed by atoms with E-state index in [9.17, 15) is 0 Å². The zero-order chi connectivity index (χ0) is 14.5. The third kappa shape index (κ3) is 6.60. The zero-order valence-electron chi connectivity index (χ0n) is 12.9. The molecule has 0 aliphatic carbocycles. The fraction of sp³-hybridized carbons (Fsp3) is 0.625. The van der Waals surface area contributed by atoms with Crippen LogP contribution in [0, 0.1) is 0 Å². The Morgan fingerprint density at radius 3 is 2.11 bits per heavy atom. The van der Waals surface area contributed by atoms with Crippen molar-refractivity contribution in [3.8, 4) is 0 Å². The van der Waals surface area contributed by atoms with Gasteiger partial charge in [-0.3, -0.25) is 0 Å². The van der Waals surface area contributed by atoms with Crippen LogP contribution in [0.15, 0.2) is 24.3 Å². The number of nitrogens with two attached hydrogens (primary N) is 1. The highest BCUT2D eigenvalue weighted by atomic mass is 16.5. The summed E-state index contributed by atoms with van der Waals surface area (Å²) < 4.78 is 5.85. The normalized spacial score (nSPS) is 12.5. The molecule has 1 rings (SSSR count). The van der Waals surface area contributed by atoms with Crippen LogP contribution in [0.3, 0.4) is 0 Å². The molecule has 0 amide bonds. The Bertz CT molecular complexity index is 377. The average molecular weight is 264 g/mol. The maximum atomic E-state index is 5.85. The van der Waals surface area contributed by atoms with Crippen molar-refractivity contribution in [1.29, 1.82) is 0 Å². The molecule has 0 unspecified atom stereocenters. The summed E-state index contributed by atoms with van der Waals surface area (Å²) >= 11 is 0. The largest absolute Gasteiger partial charge is 0.378 e. The minimum Gasteiger partial charge on any atom is -0.378 e. The van der Waals surface area contributed by atoms with E-state index in [2.05, 4.69) is 64.2 Å². The predicted molar refractivity (Wildman–Crippen MR) is 82.6 cm³/mol. The van der Waals surface area contributed by atoms with Gasteiger partial charge in [-0.25, -0.2) is 0 Å². The SMILES string of the molecule is CC(C)(COC(C)(C)C)Nc1ccc(CCN)cc1. The van der Waals surface area contributed by atoms with Gasteiger partial charge in [0.05, 0.1) is 17.7 Å². The molecule has 0 saturated carbocycles. The molecule has 0 aliphatic rings. The van der Waals surface area contributed by atoms with Crippen molar-refractivity contribution in [2.75, 3.05) is 18.5 Å². The molecule has 108 valence electrons. The molecule has 3 N–H and O–H groups in total. The Morgan fingerprint density at radius 2 is 1.63 bits per heavy atom. The first kappa shape index (κ1) is 16.0. The van der Waals surface area contributed by atoms with Crippen molar-refractivity contribution in [3.05, 3.63) is 29.8 Å². The third-order valence-corrected chi connectivity index (χ3v) is 2.74. The second-order valence-electron chi connectivity index (χ2n) is 6.65. The molecule has 19 heavy (non-hydrogen) atoms. The zero-order valence-corrected chi connectivity index (χ0v) is 12.9. The Morgan fingerprint density at radius 1 is 1.05 bits per heavy atom. The third-order valence-electron chi connectivity index (χ3n) is 2.74. The maximum Gasteiger partial charge on any atom is 0.0698 e. The van der Waals surface area contributed by atoms with E-state index in [-0.39, 0.29) is 11.1 Å². The smallest absolute Gasteiger partial charge is 0.0698 e. The molecule has 0 heterocycles. The van der Waals surface area contributed by atoms with Crippen LogP contribution in [-0.4, -0.2) is 24.3 Å². The van der Waals surface area contributed by atoms with Gasteiger partial charge in [-0.15, -0.1) is 0 Å². The van der Waals surface area contributed by atoms with Gasteiger partial charge in [0.15, 0.2) is 0 Å². The summed E-state index contributed by atoms with van der Waals surface area (Å²) in [5, 5.41) is 3.50. The molecule has 3 heteroatoms. The van der Waals surface area contributed by atoms with Crippen molar-refractivity contribution >= 4 is 5.69 Å². The van der Waals surface area contributed by atoms with E-state index in [1.54, 1.807) is 0 Å². The molecule has 0 fully saturated rings. The van der Waals surface area contributed by atoms with Gasteiger partial charge in [0.25, 0.3) is 0 Å². The first-order valence-electron chi connectivity index (χ1n) is 6.93. The van der Waals surface area contributed by atoms with Gasteiger partial charge in [-0.05, 0) is 65.3 Å². The van der Waals surface area contributed by atoms with E-state index in [0.717, 1.165) is 12.1 Å². The molecule has 0 radical (unpaired) electrons. The van der Waals surface area contributed by atoms with E-state index < -0.39 is 0 Å². The Labute approximate surface area is 117 Å². The lowest BCUT2D eigenvalue weighted by atomic mass is 10.0. The van der Waals surface area contributed by atoms with Crippen molar-refractivity contribution < 1.29 is 4.74 Å². The Hall–Kier alpha value is -1.06. The lowest BCUT2D eigenvalue weighted by Gasteiger charge is -2.31. The number of hydrogen-bond acceptors (Lipinski definition) is 3. The minimum absolute atomic E-state index is 0.0946. The Balaban J connectivity index is 2.57. The monoisotopic (exact) mass is 264 g/mol. The summed E-state index contributed by atoms with van der Waals surface area (Å²) in [6, 6.07) is 8.44. The quantitative estimate of drug-likeness (QED) is 0.829. The lowest BCUT2D eigenvalue weighted by Crippen LogP contribution is -2.39. The summed E-state index contributed by atoms with van der Waals surface area (Å²) in [6.07, 6.45) is 0.927. The molecule has 0 atom stereocenters. The van der Waals surface area contributed by atoms with Crippen LogP contribution in [0.1, 0.15) is 40.2 Å². The second-order valence-corrected chi connectivity index (χ2v) is 6.65. The van der Waals surface area contributed by atoms with Crippen LogP contribution >= 0.6 is 0 Å². The van der Waals surface area contributed by atoms with Crippen LogP contribution in [0.25, 0.3) is 0 Å². The van der Waals surface area contributed by atoms with E-state index in [0.29, 0.717) is 13.2 Å². The van der Waals surface area contributed by atoms with Crippen molar-refractivity contribution in [2.45, 2.75) is 52.2 Å². The molecule has 1 aromatic rings. The summed E-state index contributed by atoms with van der Waals surface area (Å²) in [4.78, 5) is 0. The van der Waals surface area contributed by atoms with Gasteiger partial charge < -0.3 is 15.8 Å². The summed E-state index contributed by atoms with van der Waals surface area (Å²) in [7, 11) is 0. The molecule has 0 aromatic heterocycles. The first-order chi connectivity index (χ1) is 8.72. The molecule has 0 saturated heterocycles. The highest BCUT2D eigenvalue weighted by Crippen LogP contribution is 2.19. The highest BCUT2D eigenvalue weighted by molar-refractivity contribution is 5.46. The van der Waals surface area contributed by atoms with Gasteiger partial charge in [0.1, 0.15) is 0 Å². The summed E-state index contributed by atoms with van der Waals surface area (Å²) in [5.74, 6) is 0. The van der Waals surface area contributed by atoms with E-state index in [4.69, 9.17) is 10.5 Å². The van der Waals surface area contributed by atoms with E-state index >= 15 is 0 Å². The Kier molecular flexibility index (Phi) is 5.39. The lowest BCUT2D eigenvalue weighted by molar-refractivity contribution is -0.0196. The van der Waals surface area contributed by atoms with Crippen LogP contribution in [0.5, 0.6) is 0 Å². The molecule has 0 bridgehead atoms. The number of benzene rings is 1. The van der Waals surface area contributed by atoms with Crippen molar-refractivity contribution in [3.63, 3.8) is 0 Å². The van der Waals surface area contributed by atoms with Gasteiger partial charge in [0.2, 0.25) is 0 Å². The summed E-state index contributed by atoms with van der Waals surface area (Å²) in [5.41, 5.74) is 7.74. The van der Waals surface area contributed by atoms with Crippen LogP contribution < -0.4 is 11.1 Å². The standard InChI is InChI=1S/C16H28N2O/c1-15(2,3)19-12-16(4,5)18-14-8-6-13(7-9-14)10-11-17/h6-9,18H,10-12,17H2,1-5H3. The topological polar surface area (TPSA) is 47.3 Å². The van der Waals surface area contributed by atoms with Crippen LogP contribution in [0.2, 0.25) is 0 Å².